The van der Waals surface area contributed by atoms with Crippen LogP contribution in [0.2, 0.25) is 0 Å². The molecule has 0 saturated carbocycles. The predicted molar refractivity (Wildman–Crippen MR) is 62.0 cm³/mol. The van der Waals surface area contributed by atoms with Crippen LogP contribution in [0.3, 0.4) is 0 Å². The summed E-state index contributed by atoms with van der Waals surface area (Å²) in [7, 11) is 0. The lowest BCUT2D eigenvalue weighted by molar-refractivity contribution is -0.153. The molecule has 2 atom stereocenters. The minimum Gasteiger partial charge on any atom is -0.477 e. The molecule has 2 rings (SSSR count). The van der Waals surface area contributed by atoms with Crippen molar-refractivity contribution in [2.24, 2.45) is 5.92 Å². The average Bonchev–Trinajstić information content (AvgIpc) is 2.62. The Hall–Kier alpha value is -1.05. The van der Waals surface area contributed by atoms with Crippen molar-refractivity contribution in [2.75, 3.05) is 19.7 Å². The van der Waals surface area contributed by atoms with E-state index < -0.39 is 11.9 Å². The largest absolute Gasteiger partial charge is 0.477 e. The van der Waals surface area contributed by atoms with Crippen molar-refractivity contribution < 1.29 is 19.8 Å². The number of carbonyl (C=O) groups excluding carboxylic acids is 1. The van der Waals surface area contributed by atoms with Crippen LogP contribution < -0.4 is 5.32 Å². The Kier molecular flexibility index (Phi) is 3.41. The number of thioether (sulfide) groups is 1. The molecule has 0 radical (unpaired) electrons. The number of rotatable bonds is 5. The first kappa shape index (κ1) is 12.4. The molecule has 0 bridgehead atoms. The Morgan fingerprint density at radius 1 is 1.59 bits per heavy atom. The molecule has 0 spiro atoms. The fourth-order valence-corrected chi connectivity index (χ4v) is 3.44. The third-order valence-electron chi connectivity index (χ3n) is 2.86. The monoisotopic (exact) mass is 258 g/mol. The van der Waals surface area contributed by atoms with Gasteiger partial charge in [-0.25, -0.2) is 4.79 Å². The van der Waals surface area contributed by atoms with Crippen molar-refractivity contribution in [1.29, 1.82) is 0 Å². The SMILES string of the molecule is CCNCC1=C(C(=O)O)N2C(=O)[C@H](CO)[C@H]2S1. The second kappa shape index (κ2) is 4.67. The molecular formula is C10H14N2O4S. The van der Waals surface area contributed by atoms with Gasteiger partial charge in [-0.05, 0) is 6.54 Å². The number of carboxylic acids is 1. The Labute approximate surface area is 103 Å². The van der Waals surface area contributed by atoms with Crippen LogP contribution in [-0.2, 0) is 9.59 Å². The quantitative estimate of drug-likeness (QED) is 0.571. The van der Waals surface area contributed by atoms with Crippen LogP contribution in [0.15, 0.2) is 10.6 Å². The Morgan fingerprint density at radius 2 is 2.29 bits per heavy atom. The van der Waals surface area contributed by atoms with Gasteiger partial charge >= 0.3 is 5.97 Å². The third kappa shape index (κ3) is 1.84. The van der Waals surface area contributed by atoms with Crippen LogP contribution in [0.5, 0.6) is 0 Å². The van der Waals surface area contributed by atoms with E-state index >= 15 is 0 Å². The molecule has 94 valence electrons. The zero-order valence-electron chi connectivity index (χ0n) is 9.34. The summed E-state index contributed by atoms with van der Waals surface area (Å²) in [6.45, 7) is 2.88. The molecule has 1 amide bonds. The highest BCUT2D eigenvalue weighted by molar-refractivity contribution is 8.04. The van der Waals surface area contributed by atoms with Crippen molar-refractivity contribution in [3.05, 3.63) is 10.6 Å². The molecule has 1 saturated heterocycles. The normalized spacial score (nSPS) is 27.2. The number of likely N-dealkylation sites (N-methyl/N-ethyl adjacent to an activating group) is 1. The number of aliphatic hydroxyl groups is 1. The van der Waals surface area contributed by atoms with Gasteiger partial charge in [0.25, 0.3) is 0 Å². The maximum absolute atomic E-state index is 11.6. The van der Waals surface area contributed by atoms with Crippen molar-refractivity contribution in [3.63, 3.8) is 0 Å². The summed E-state index contributed by atoms with van der Waals surface area (Å²) in [6.07, 6.45) is 0. The zero-order chi connectivity index (χ0) is 12.6. The van der Waals surface area contributed by atoms with Crippen molar-refractivity contribution >= 4 is 23.6 Å². The number of carbonyl (C=O) groups is 2. The number of hydrogen-bond donors (Lipinski definition) is 3. The van der Waals surface area contributed by atoms with Gasteiger partial charge in [0, 0.05) is 11.4 Å². The van der Waals surface area contributed by atoms with Gasteiger partial charge in [-0.3, -0.25) is 9.69 Å². The van der Waals surface area contributed by atoms with E-state index in [9.17, 15) is 9.59 Å². The van der Waals surface area contributed by atoms with Crippen molar-refractivity contribution in [1.82, 2.24) is 10.2 Å². The molecule has 2 aliphatic rings. The predicted octanol–water partition coefficient (Wildman–Crippen LogP) is -0.584. The lowest BCUT2D eigenvalue weighted by atomic mass is 9.98. The summed E-state index contributed by atoms with van der Waals surface area (Å²) in [5.41, 5.74) is 0.0654. The van der Waals surface area contributed by atoms with Crippen LogP contribution in [-0.4, -0.2) is 52.1 Å². The fraction of sp³-hybridized carbons (Fsp3) is 0.600. The maximum Gasteiger partial charge on any atom is 0.353 e. The van der Waals surface area contributed by atoms with E-state index in [1.807, 2.05) is 6.92 Å². The number of carboxylic acid groups (broad SMARTS) is 1. The molecule has 6 nitrogen and oxygen atoms in total. The summed E-state index contributed by atoms with van der Waals surface area (Å²) in [5.74, 6) is -1.85. The first-order valence-corrected chi connectivity index (χ1v) is 6.27. The molecule has 0 unspecified atom stereocenters. The number of nitrogens with zero attached hydrogens (tertiary/aromatic N) is 1. The van der Waals surface area contributed by atoms with Gasteiger partial charge in [0.05, 0.1) is 12.5 Å². The second-order valence-electron chi connectivity index (χ2n) is 3.86. The number of nitrogens with one attached hydrogen (secondary N) is 1. The number of hydrogen-bond acceptors (Lipinski definition) is 5. The van der Waals surface area contributed by atoms with Crippen LogP contribution in [0, 0.1) is 5.92 Å². The number of aliphatic hydroxyl groups excluding tert-OH is 1. The summed E-state index contributed by atoms with van der Waals surface area (Å²) in [6, 6.07) is 0. The van der Waals surface area contributed by atoms with Gasteiger partial charge in [-0.15, -0.1) is 11.8 Å². The molecule has 2 aliphatic heterocycles. The van der Waals surface area contributed by atoms with Crippen molar-refractivity contribution in [3.8, 4) is 0 Å². The highest BCUT2D eigenvalue weighted by Crippen LogP contribution is 2.48. The van der Waals surface area contributed by atoms with Crippen LogP contribution >= 0.6 is 11.8 Å². The van der Waals surface area contributed by atoms with Gasteiger partial charge in [-0.1, -0.05) is 6.92 Å². The molecule has 7 heteroatoms. The number of fused-ring (bicyclic) bond motifs is 1. The van der Waals surface area contributed by atoms with Gasteiger partial charge in [0.1, 0.15) is 11.1 Å². The lowest BCUT2D eigenvalue weighted by Gasteiger charge is -2.41. The minimum absolute atomic E-state index is 0.0654. The summed E-state index contributed by atoms with van der Waals surface area (Å²) in [4.78, 5) is 24.7. The molecule has 0 aromatic heterocycles. The third-order valence-corrected chi connectivity index (χ3v) is 4.26. The Morgan fingerprint density at radius 3 is 2.82 bits per heavy atom. The van der Waals surface area contributed by atoms with Gasteiger partial charge in [-0.2, -0.15) is 0 Å². The van der Waals surface area contributed by atoms with Gasteiger partial charge in [0.2, 0.25) is 5.91 Å². The van der Waals surface area contributed by atoms with Gasteiger partial charge < -0.3 is 15.5 Å². The highest BCUT2D eigenvalue weighted by Gasteiger charge is 2.55. The fourth-order valence-electron chi connectivity index (χ4n) is 1.99. The second-order valence-corrected chi connectivity index (χ2v) is 5.07. The van der Waals surface area contributed by atoms with Gasteiger partial charge in [0.15, 0.2) is 0 Å². The molecule has 0 aromatic rings. The van der Waals surface area contributed by atoms with Crippen LogP contribution in [0.1, 0.15) is 6.92 Å². The zero-order valence-corrected chi connectivity index (χ0v) is 10.2. The molecule has 3 N–H and O–H groups in total. The first-order valence-electron chi connectivity index (χ1n) is 5.39. The van der Waals surface area contributed by atoms with Crippen LogP contribution in [0.25, 0.3) is 0 Å². The van der Waals surface area contributed by atoms with E-state index in [2.05, 4.69) is 5.32 Å². The summed E-state index contributed by atoms with van der Waals surface area (Å²) in [5, 5.41) is 21.0. The topological polar surface area (TPSA) is 89.9 Å². The van der Waals surface area contributed by atoms with E-state index in [0.717, 1.165) is 6.54 Å². The minimum atomic E-state index is -1.09. The lowest BCUT2D eigenvalue weighted by Crippen LogP contribution is -2.58. The summed E-state index contributed by atoms with van der Waals surface area (Å²) < 4.78 is 0. The Balaban J connectivity index is 2.20. The van der Waals surface area contributed by atoms with E-state index in [4.69, 9.17) is 10.2 Å². The maximum atomic E-state index is 11.6. The van der Waals surface area contributed by atoms with E-state index in [1.165, 1.54) is 16.7 Å². The van der Waals surface area contributed by atoms with E-state index in [-0.39, 0.29) is 23.6 Å². The Bertz CT molecular complexity index is 396. The molecular weight excluding hydrogens is 244 g/mol. The smallest absolute Gasteiger partial charge is 0.353 e. The molecule has 0 aromatic carbocycles. The van der Waals surface area contributed by atoms with E-state index in [1.54, 1.807) is 0 Å². The first-order chi connectivity index (χ1) is 8.11. The standard InChI is InChI=1S/C10H14N2O4S/c1-2-11-3-6-7(10(15)16)12-8(14)5(4-13)9(12)17-6/h5,9,11,13H,2-4H2,1H3,(H,15,16)/t5-,9+/m0/s1. The molecule has 17 heavy (non-hydrogen) atoms. The van der Waals surface area contributed by atoms with Crippen molar-refractivity contribution in [2.45, 2.75) is 12.3 Å². The molecule has 0 aliphatic carbocycles. The summed E-state index contributed by atoms with van der Waals surface area (Å²) >= 11 is 1.35. The molecule has 1 fully saturated rings. The molecule has 2 heterocycles. The van der Waals surface area contributed by atoms with Crippen LogP contribution in [0.4, 0.5) is 0 Å². The average molecular weight is 258 g/mol. The number of aliphatic carboxylic acids is 1. The van der Waals surface area contributed by atoms with E-state index in [0.29, 0.717) is 11.4 Å². The number of β-lactam (4-membered cyclic amide) rings is 1. The highest BCUT2D eigenvalue weighted by atomic mass is 32.2. The number of amides is 1.